The van der Waals surface area contributed by atoms with Crippen LogP contribution in [0.1, 0.15) is 10.4 Å². The zero-order valence-electron chi connectivity index (χ0n) is 8.29. The first-order valence-electron chi connectivity index (χ1n) is 4.41. The van der Waals surface area contributed by atoms with Crippen LogP contribution in [0.4, 0.5) is 10.1 Å². The second kappa shape index (κ2) is 5.60. The highest BCUT2D eigenvalue weighted by Gasteiger charge is 2.09. The minimum Gasteiger partial charge on any atom is -0.478 e. The first-order chi connectivity index (χ1) is 7.15. The lowest BCUT2D eigenvalue weighted by Crippen LogP contribution is -2.06. The SMILES string of the molecule is CSCCNc1ccc(C(=O)O)c(F)c1. The Bertz CT molecular complexity index is 357. The van der Waals surface area contributed by atoms with Crippen LogP contribution in [0.3, 0.4) is 0 Å². The minimum absolute atomic E-state index is 0.301. The molecular formula is C10H12FNO2S. The molecule has 0 spiro atoms. The van der Waals surface area contributed by atoms with Crippen LogP contribution >= 0.6 is 11.8 Å². The average Bonchev–Trinajstić information content (AvgIpc) is 2.17. The summed E-state index contributed by atoms with van der Waals surface area (Å²) in [6.07, 6.45) is 1.98. The summed E-state index contributed by atoms with van der Waals surface area (Å²) in [5, 5.41) is 11.6. The first-order valence-corrected chi connectivity index (χ1v) is 5.80. The summed E-state index contributed by atoms with van der Waals surface area (Å²) in [5.41, 5.74) is 0.303. The molecule has 3 nitrogen and oxygen atoms in total. The van der Waals surface area contributed by atoms with E-state index in [9.17, 15) is 9.18 Å². The predicted molar refractivity (Wildman–Crippen MR) is 60.2 cm³/mol. The summed E-state index contributed by atoms with van der Waals surface area (Å²) in [4.78, 5) is 10.5. The number of benzene rings is 1. The summed E-state index contributed by atoms with van der Waals surface area (Å²) in [5.74, 6) is -1.04. The third-order valence-corrected chi connectivity index (χ3v) is 2.45. The molecule has 0 aromatic heterocycles. The van der Waals surface area contributed by atoms with Crippen molar-refractivity contribution in [2.24, 2.45) is 0 Å². The number of thioether (sulfide) groups is 1. The summed E-state index contributed by atoms with van der Waals surface area (Å²) in [7, 11) is 0. The lowest BCUT2D eigenvalue weighted by atomic mass is 10.2. The van der Waals surface area contributed by atoms with E-state index in [1.807, 2.05) is 6.26 Å². The maximum atomic E-state index is 13.2. The van der Waals surface area contributed by atoms with E-state index in [0.29, 0.717) is 5.69 Å². The van der Waals surface area contributed by atoms with Crippen LogP contribution in [0.5, 0.6) is 0 Å². The summed E-state index contributed by atoms with van der Waals surface area (Å²) in [6.45, 7) is 0.729. The second-order valence-corrected chi connectivity index (χ2v) is 3.90. The first kappa shape index (κ1) is 11.8. The standard InChI is InChI=1S/C10H12FNO2S/c1-15-5-4-12-7-2-3-8(10(13)14)9(11)6-7/h2-3,6,12H,4-5H2,1H3,(H,13,14). The van der Waals surface area contributed by atoms with Crippen LogP contribution in [-0.4, -0.2) is 29.6 Å². The molecule has 1 rings (SSSR count). The van der Waals surface area contributed by atoms with Crippen LogP contribution in [0.15, 0.2) is 18.2 Å². The van der Waals surface area contributed by atoms with Crippen molar-refractivity contribution in [2.45, 2.75) is 0 Å². The molecule has 0 bridgehead atoms. The Hall–Kier alpha value is -1.23. The quantitative estimate of drug-likeness (QED) is 0.761. The molecule has 1 aromatic carbocycles. The summed E-state index contributed by atoms with van der Waals surface area (Å²) < 4.78 is 13.2. The molecule has 0 aliphatic heterocycles. The van der Waals surface area contributed by atoms with Crippen molar-refractivity contribution in [2.75, 3.05) is 23.9 Å². The number of nitrogens with one attached hydrogen (secondary N) is 1. The van der Waals surface area contributed by atoms with Crippen LogP contribution in [0.25, 0.3) is 0 Å². The fourth-order valence-electron chi connectivity index (χ4n) is 1.10. The van der Waals surface area contributed by atoms with Crippen LogP contribution < -0.4 is 5.32 Å². The highest BCUT2D eigenvalue weighted by atomic mass is 32.2. The number of halogens is 1. The molecule has 5 heteroatoms. The molecule has 2 N–H and O–H groups in total. The fourth-order valence-corrected chi connectivity index (χ4v) is 1.40. The molecule has 0 aliphatic carbocycles. The van der Waals surface area contributed by atoms with Gasteiger partial charge in [-0.15, -0.1) is 0 Å². The Morgan fingerprint density at radius 3 is 2.87 bits per heavy atom. The van der Waals surface area contributed by atoms with Gasteiger partial charge in [0.1, 0.15) is 5.82 Å². The lowest BCUT2D eigenvalue weighted by molar-refractivity contribution is 0.0692. The van der Waals surface area contributed by atoms with Crippen LogP contribution in [0, 0.1) is 5.82 Å². The number of anilines is 1. The molecule has 0 heterocycles. The monoisotopic (exact) mass is 229 g/mol. The van der Waals surface area contributed by atoms with Gasteiger partial charge in [0.2, 0.25) is 0 Å². The predicted octanol–water partition coefficient (Wildman–Crippen LogP) is 2.30. The number of rotatable bonds is 5. The van der Waals surface area contributed by atoms with Gasteiger partial charge >= 0.3 is 5.97 Å². The molecule has 82 valence electrons. The number of hydrogen-bond acceptors (Lipinski definition) is 3. The molecule has 0 aliphatic rings. The smallest absolute Gasteiger partial charge is 0.338 e. The van der Waals surface area contributed by atoms with E-state index in [1.54, 1.807) is 17.8 Å². The van der Waals surface area contributed by atoms with E-state index in [0.717, 1.165) is 12.3 Å². The van der Waals surface area contributed by atoms with E-state index < -0.39 is 11.8 Å². The van der Waals surface area contributed by atoms with Gasteiger partial charge in [0.25, 0.3) is 0 Å². The Balaban J connectivity index is 2.69. The van der Waals surface area contributed by atoms with Crippen LogP contribution in [-0.2, 0) is 0 Å². The third kappa shape index (κ3) is 3.43. The van der Waals surface area contributed by atoms with Gasteiger partial charge in [-0.05, 0) is 24.5 Å². The van der Waals surface area contributed by atoms with E-state index in [-0.39, 0.29) is 5.56 Å². The third-order valence-electron chi connectivity index (χ3n) is 1.83. The normalized spacial score (nSPS) is 10.0. The molecule has 0 unspecified atom stereocenters. The van der Waals surface area contributed by atoms with Crippen molar-refractivity contribution in [3.63, 3.8) is 0 Å². The summed E-state index contributed by atoms with van der Waals surface area (Å²) >= 11 is 1.68. The average molecular weight is 229 g/mol. The molecule has 0 atom stereocenters. The Kier molecular flexibility index (Phi) is 4.42. The maximum Gasteiger partial charge on any atom is 0.338 e. The van der Waals surface area contributed by atoms with E-state index in [4.69, 9.17) is 5.11 Å². The van der Waals surface area contributed by atoms with Crippen molar-refractivity contribution < 1.29 is 14.3 Å². The highest BCUT2D eigenvalue weighted by molar-refractivity contribution is 7.98. The van der Waals surface area contributed by atoms with Gasteiger partial charge in [0.05, 0.1) is 5.56 Å². The lowest BCUT2D eigenvalue weighted by Gasteiger charge is -2.06. The Morgan fingerprint density at radius 2 is 2.33 bits per heavy atom. The van der Waals surface area contributed by atoms with Crippen molar-refractivity contribution in [1.29, 1.82) is 0 Å². The molecule has 1 aromatic rings. The molecule has 15 heavy (non-hydrogen) atoms. The van der Waals surface area contributed by atoms with Gasteiger partial charge in [0, 0.05) is 18.0 Å². The number of carboxylic acid groups (broad SMARTS) is 1. The van der Waals surface area contributed by atoms with Gasteiger partial charge in [-0.1, -0.05) is 0 Å². The van der Waals surface area contributed by atoms with Crippen LogP contribution in [0.2, 0.25) is 0 Å². The van der Waals surface area contributed by atoms with Crippen molar-refractivity contribution in [1.82, 2.24) is 0 Å². The van der Waals surface area contributed by atoms with Gasteiger partial charge < -0.3 is 10.4 Å². The zero-order chi connectivity index (χ0) is 11.3. The number of hydrogen-bond donors (Lipinski definition) is 2. The largest absolute Gasteiger partial charge is 0.478 e. The number of carbonyl (C=O) groups is 1. The number of carboxylic acids is 1. The molecule has 0 saturated carbocycles. The zero-order valence-corrected chi connectivity index (χ0v) is 9.10. The van der Waals surface area contributed by atoms with Crippen molar-refractivity contribution >= 4 is 23.4 Å². The summed E-state index contributed by atoms with van der Waals surface area (Å²) in [6, 6.07) is 4.02. The molecule has 0 saturated heterocycles. The van der Waals surface area contributed by atoms with E-state index in [1.165, 1.54) is 12.1 Å². The van der Waals surface area contributed by atoms with Crippen molar-refractivity contribution in [3.8, 4) is 0 Å². The van der Waals surface area contributed by atoms with E-state index in [2.05, 4.69) is 5.32 Å². The highest BCUT2D eigenvalue weighted by Crippen LogP contribution is 2.14. The van der Waals surface area contributed by atoms with E-state index >= 15 is 0 Å². The maximum absolute atomic E-state index is 13.2. The van der Waals surface area contributed by atoms with Crippen molar-refractivity contribution in [3.05, 3.63) is 29.6 Å². The number of aromatic carboxylic acids is 1. The molecular weight excluding hydrogens is 217 g/mol. The second-order valence-electron chi connectivity index (χ2n) is 2.92. The minimum atomic E-state index is -1.25. The molecule has 0 radical (unpaired) electrons. The Labute approximate surface area is 91.7 Å². The molecule has 0 fully saturated rings. The van der Waals surface area contributed by atoms with Gasteiger partial charge in [-0.2, -0.15) is 11.8 Å². The fraction of sp³-hybridized carbons (Fsp3) is 0.300. The Morgan fingerprint density at radius 1 is 1.60 bits per heavy atom. The molecule has 0 amide bonds. The van der Waals surface area contributed by atoms with Gasteiger partial charge in [-0.3, -0.25) is 0 Å². The topological polar surface area (TPSA) is 49.3 Å². The van der Waals surface area contributed by atoms with Gasteiger partial charge in [0.15, 0.2) is 0 Å². The van der Waals surface area contributed by atoms with Gasteiger partial charge in [-0.25, -0.2) is 9.18 Å².